The third kappa shape index (κ3) is 11.1. The van der Waals surface area contributed by atoms with Crippen LogP contribution in [0.5, 0.6) is 0 Å². The third-order valence-corrected chi connectivity index (χ3v) is 6.07. The van der Waals surface area contributed by atoms with Gasteiger partial charge in [0.05, 0.1) is 0 Å². The van der Waals surface area contributed by atoms with Gasteiger partial charge in [0.15, 0.2) is 43.0 Å². The van der Waals surface area contributed by atoms with Crippen molar-refractivity contribution in [3.05, 3.63) is 10.4 Å². The Morgan fingerprint density at radius 1 is 0.543 bits per heavy atom. The fourth-order valence-electron chi connectivity index (χ4n) is 4.63. The number of ether oxygens (including phenoxy) is 10. The zero-order chi connectivity index (χ0) is 34.7. The first-order valence-electron chi connectivity index (χ1n) is 13.7. The maximum atomic E-state index is 12.2. The number of carbonyl (C=O) groups excluding carboxylic acids is 7. The van der Waals surface area contributed by atoms with Crippen LogP contribution in [0.2, 0.25) is 0 Å². The molecule has 20 heteroatoms. The Labute approximate surface area is 261 Å². The van der Waals surface area contributed by atoms with Gasteiger partial charge in [-0.1, -0.05) is 5.11 Å². The lowest BCUT2D eigenvalue weighted by Gasteiger charge is -2.48. The average molecular weight is 662 g/mol. The summed E-state index contributed by atoms with van der Waals surface area (Å²) in [5.41, 5.74) is 9.13. The molecule has 256 valence electrons. The van der Waals surface area contributed by atoms with Crippen LogP contribution in [0.3, 0.4) is 0 Å². The predicted octanol–water partition coefficient (Wildman–Crippen LogP) is -0.0836. The Morgan fingerprint density at radius 3 is 1.37 bits per heavy atom. The second-order valence-corrected chi connectivity index (χ2v) is 9.89. The number of esters is 7. The topological polar surface area (TPSA) is 261 Å². The number of azide groups is 1. The lowest BCUT2D eigenvalue weighted by atomic mass is 9.95. The Balaban J connectivity index is 2.73. The second-order valence-electron chi connectivity index (χ2n) is 9.89. The molecule has 20 nitrogen and oxygen atoms in total. The number of hydrogen-bond donors (Lipinski definition) is 0. The van der Waals surface area contributed by atoms with E-state index in [1.54, 1.807) is 0 Å². The molecule has 2 saturated heterocycles. The van der Waals surface area contributed by atoms with E-state index >= 15 is 0 Å². The highest BCUT2D eigenvalue weighted by Crippen LogP contribution is 2.35. The Bertz CT molecular complexity index is 1220. The normalized spacial score (nSPS) is 30.3. The SMILES string of the molecule is CC(=O)OC[C@@H]1O[C@H](N=[N+]=[N-])[C@@H](OC(C)=O)[C@H](OC(C)=O)[C@H]1O[C@@H]1O[C@H](COC(C)=O)[C@@H](OC(C)=O)[C@H](OC(C)=O)[C@@H]1OC(C)=O. The maximum absolute atomic E-state index is 12.2. The van der Waals surface area contributed by atoms with Gasteiger partial charge in [-0.15, -0.1) is 0 Å². The highest BCUT2D eigenvalue weighted by molar-refractivity contribution is 5.69. The quantitative estimate of drug-likeness (QED) is 0.0870. The molecule has 0 aromatic carbocycles. The molecule has 2 aliphatic heterocycles. The molecule has 46 heavy (non-hydrogen) atoms. The van der Waals surface area contributed by atoms with Gasteiger partial charge in [0.2, 0.25) is 0 Å². The Morgan fingerprint density at radius 2 is 0.935 bits per heavy atom. The van der Waals surface area contributed by atoms with Crippen molar-refractivity contribution in [1.29, 1.82) is 0 Å². The second kappa shape index (κ2) is 17.2. The minimum Gasteiger partial charge on any atom is -0.463 e. The van der Waals surface area contributed by atoms with Crippen LogP contribution in [0.25, 0.3) is 10.4 Å². The average Bonchev–Trinajstić information content (AvgIpc) is 2.91. The van der Waals surface area contributed by atoms with E-state index in [1.165, 1.54) is 0 Å². The van der Waals surface area contributed by atoms with Gasteiger partial charge in [-0.3, -0.25) is 33.6 Å². The Hall–Kier alpha value is -4.52. The summed E-state index contributed by atoms with van der Waals surface area (Å²) < 4.78 is 54.8. The smallest absolute Gasteiger partial charge is 0.303 e. The summed E-state index contributed by atoms with van der Waals surface area (Å²) in [7, 11) is 0. The molecule has 2 aliphatic rings. The van der Waals surface area contributed by atoms with E-state index in [0.717, 1.165) is 48.5 Å². The summed E-state index contributed by atoms with van der Waals surface area (Å²) in [6, 6.07) is 0. The monoisotopic (exact) mass is 661 g/mol. The van der Waals surface area contributed by atoms with E-state index in [1.807, 2.05) is 0 Å². The fraction of sp³-hybridized carbons (Fsp3) is 0.731. The standard InChI is InChI=1S/C26H35N3O17/c1-10(30)37-8-17-20(21(40-13(4)33)23(42-15(6)35)25(44-17)28-29-27)46-26-24(43-16(7)36)22(41-14(5)34)19(39-12(3)32)18(45-26)9-38-11(2)31/h17-26H,8-9H2,1-7H3/t17-,18+,19+,20-,21+,22-,23-,24-,25-,26-/m0/s1. The van der Waals surface area contributed by atoms with E-state index in [4.69, 9.17) is 52.9 Å². The third-order valence-electron chi connectivity index (χ3n) is 6.07. The summed E-state index contributed by atoms with van der Waals surface area (Å²) in [4.78, 5) is 86.7. The van der Waals surface area contributed by atoms with Crippen LogP contribution in [-0.2, 0) is 80.9 Å². The largest absolute Gasteiger partial charge is 0.463 e. The van der Waals surface area contributed by atoms with Crippen LogP contribution in [0, 0.1) is 0 Å². The van der Waals surface area contributed by atoms with Gasteiger partial charge < -0.3 is 47.4 Å². The van der Waals surface area contributed by atoms with E-state index in [-0.39, 0.29) is 0 Å². The van der Waals surface area contributed by atoms with Crippen LogP contribution in [0.1, 0.15) is 48.5 Å². The van der Waals surface area contributed by atoms with Gasteiger partial charge in [0.1, 0.15) is 31.5 Å². The molecule has 0 aromatic rings. The highest BCUT2D eigenvalue weighted by atomic mass is 16.8. The van der Waals surface area contributed by atoms with E-state index in [9.17, 15) is 33.6 Å². The first-order chi connectivity index (χ1) is 21.5. The van der Waals surface area contributed by atoms with Crippen molar-refractivity contribution in [3.8, 4) is 0 Å². The van der Waals surface area contributed by atoms with Crippen LogP contribution in [0.15, 0.2) is 5.11 Å². The molecule has 2 heterocycles. The van der Waals surface area contributed by atoms with E-state index < -0.39 is 116 Å². The lowest BCUT2D eigenvalue weighted by Crippen LogP contribution is -2.67. The summed E-state index contributed by atoms with van der Waals surface area (Å²) in [5.74, 6) is -6.10. The van der Waals surface area contributed by atoms with E-state index in [2.05, 4.69) is 10.0 Å². The number of nitrogens with zero attached hydrogens (tertiary/aromatic N) is 3. The predicted molar refractivity (Wildman–Crippen MR) is 142 cm³/mol. The highest BCUT2D eigenvalue weighted by Gasteiger charge is 2.57. The molecule has 0 aromatic heterocycles. The molecule has 0 saturated carbocycles. The first kappa shape index (κ1) is 37.7. The number of hydrogen-bond acceptors (Lipinski definition) is 18. The number of rotatable bonds is 12. The van der Waals surface area contributed by atoms with Gasteiger partial charge in [-0.05, 0) is 5.53 Å². The summed E-state index contributed by atoms with van der Waals surface area (Å²) in [6.07, 6.45) is -16.1. The molecule has 0 N–H and O–H groups in total. The summed E-state index contributed by atoms with van der Waals surface area (Å²) >= 11 is 0. The van der Waals surface area contributed by atoms with Crippen LogP contribution in [0.4, 0.5) is 0 Å². The van der Waals surface area contributed by atoms with Crippen LogP contribution < -0.4 is 0 Å². The Kier molecular flexibility index (Phi) is 14.1. The molecular formula is C26H35N3O17. The first-order valence-corrected chi connectivity index (χ1v) is 13.7. The van der Waals surface area contributed by atoms with Crippen molar-refractivity contribution in [3.63, 3.8) is 0 Å². The molecule has 0 aliphatic carbocycles. The van der Waals surface area contributed by atoms with Gasteiger partial charge in [0, 0.05) is 53.4 Å². The molecule has 2 fully saturated rings. The van der Waals surface area contributed by atoms with Crippen molar-refractivity contribution in [1.82, 2.24) is 0 Å². The lowest BCUT2D eigenvalue weighted by molar-refractivity contribution is -0.344. The minimum absolute atomic E-state index is 0.585. The fourth-order valence-corrected chi connectivity index (χ4v) is 4.63. The zero-order valence-corrected chi connectivity index (χ0v) is 26.0. The molecule has 0 unspecified atom stereocenters. The van der Waals surface area contributed by atoms with Crippen molar-refractivity contribution in [2.45, 2.75) is 110 Å². The zero-order valence-electron chi connectivity index (χ0n) is 26.0. The van der Waals surface area contributed by atoms with Crippen molar-refractivity contribution in [2.24, 2.45) is 5.11 Å². The molecule has 0 spiro atoms. The molecule has 10 atom stereocenters. The van der Waals surface area contributed by atoms with Gasteiger partial charge in [-0.2, -0.15) is 0 Å². The molecule has 0 amide bonds. The summed E-state index contributed by atoms with van der Waals surface area (Å²) in [5, 5.41) is 3.46. The summed E-state index contributed by atoms with van der Waals surface area (Å²) in [6.45, 7) is 6.05. The van der Waals surface area contributed by atoms with Crippen LogP contribution in [-0.4, -0.2) is 116 Å². The molecular weight excluding hydrogens is 626 g/mol. The van der Waals surface area contributed by atoms with Gasteiger partial charge in [-0.25, -0.2) is 0 Å². The van der Waals surface area contributed by atoms with Gasteiger partial charge in [0.25, 0.3) is 0 Å². The van der Waals surface area contributed by atoms with Crippen molar-refractivity contribution < 1.29 is 80.9 Å². The van der Waals surface area contributed by atoms with E-state index in [0.29, 0.717) is 0 Å². The minimum atomic E-state index is -1.82. The number of carbonyl (C=O) groups is 7. The molecule has 2 rings (SSSR count). The molecule has 0 bridgehead atoms. The van der Waals surface area contributed by atoms with Crippen molar-refractivity contribution >= 4 is 41.8 Å². The molecule has 0 radical (unpaired) electrons. The maximum Gasteiger partial charge on any atom is 0.303 e. The van der Waals surface area contributed by atoms with Gasteiger partial charge >= 0.3 is 41.8 Å². The van der Waals surface area contributed by atoms with Crippen molar-refractivity contribution in [2.75, 3.05) is 13.2 Å². The van der Waals surface area contributed by atoms with Crippen LogP contribution >= 0.6 is 0 Å².